The highest BCUT2D eigenvalue weighted by Crippen LogP contribution is 2.32. The van der Waals surface area contributed by atoms with Gasteiger partial charge >= 0.3 is 0 Å². The zero-order valence-corrected chi connectivity index (χ0v) is 16.6. The number of hydrogen-bond acceptors (Lipinski definition) is 3. The van der Waals surface area contributed by atoms with E-state index in [9.17, 15) is 13.2 Å². The van der Waals surface area contributed by atoms with E-state index in [0.29, 0.717) is 18.0 Å². The van der Waals surface area contributed by atoms with Crippen LogP contribution in [0, 0.1) is 17.5 Å². The van der Waals surface area contributed by atoms with Gasteiger partial charge in [-0.15, -0.1) is 0 Å². The van der Waals surface area contributed by atoms with Crippen molar-refractivity contribution >= 4 is 0 Å². The third-order valence-corrected chi connectivity index (χ3v) is 4.98. The number of hydrogen-bond donors (Lipinski definition) is 0. The zero-order valence-electron chi connectivity index (χ0n) is 16.6. The van der Waals surface area contributed by atoms with Gasteiger partial charge in [-0.3, -0.25) is 0 Å². The van der Waals surface area contributed by atoms with Gasteiger partial charge in [-0.05, 0) is 43.4 Å². The van der Waals surface area contributed by atoms with Crippen molar-refractivity contribution in [1.82, 2.24) is 14.7 Å². The Hall–Kier alpha value is -3.32. The predicted molar refractivity (Wildman–Crippen MR) is 109 cm³/mol. The standard InChI is InChI=1S/C23H20F3N3O/c1-3-28(2)14-16-13-27-29(23(16)21-5-4-10-30-21)18-11-19(25)22(20(26)12-18)15-6-8-17(24)9-7-15/h4-13H,3,14H2,1-2H3. The van der Waals surface area contributed by atoms with Crippen molar-refractivity contribution in [2.75, 3.05) is 13.6 Å². The molecule has 0 aliphatic heterocycles. The maximum atomic E-state index is 14.9. The topological polar surface area (TPSA) is 34.2 Å². The fraction of sp³-hybridized carbons (Fsp3) is 0.174. The van der Waals surface area contributed by atoms with Crippen LogP contribution in [0.25, 0.3) is 28.3 Å². The van der Waals surface area contributed by atoms with Gasteiger partial charge in [-0.2, -0.15) is 5.10 Å². The van der Waals surface area contributed by atoms with Crippen LogP contribution in [0.5, 0.6) is 0 Å². The Balaban J connectivity index is 1.82. The molecule has 0 radical (unpaired) electrons. The SMILES string of the molecule is CCN(C)Cc1cnn(-c2cc(F)c(-c3ccc(F)cc3)c(F)c2)c1-c1ccco1. The lowest BCUT2D eigenvalue weighted by molar-refractivity contribution is 0.346. The summed E-state index contributed by atoms with van der Waals surface area (Å²) in [5.74, 6) is -1.44. The molecule has 0 bridgehead atoms. The first-order valence-electron chi connectivity index (χ1n) is 9.52. The molecule has 0 fully saturated rings. The van der Waals surface area contributed by atoms with Crippen LogP contribution in [0.15, 0.2) is 65.4 Å². The van der Waals surface area contributed by atoms with E-state index in [0.717, 1.165) is 12.1 Å². The van der Waals surface area contributed by atoms with Gasteiger partial charge in [0.05, 0.1) is 23.7 Å². The van der Waals surface area contributed by atoms with Crippen LogP contribution in [0.1, 0.15) is 12.5 Å². The van der Waals surface area contributed by atoms with Gasteiger partial charge < -0.3 is 9.32 Å². The number of aromatic nitrogens is 2. The molecule has 7 heteroatoms. The minimum Gasteiger partial charge on any atom is -0.463 e. The molecule has 0 unspecified atom stereocenters. The van der Waals surface area contributed by atoms with E-state index < -0.39 is 17.5 Å². The Kier molecular flexibility index (Phi) is 5.46. The van der Waals surface area contributed by atoms with Gasteiger partial charge in [-0.25, -0.2) is 17.9 Å². The summed E-state index contributed by atoms with van der Waals surface area (Å²) in [7, 11) is 1.97. The number of nitrogens with zero attached hydrogens (tertiary/aromatic N) is 3. The highest BCUT2D eigenvalue weighted by molar-refractivity contribution is 5.67. The zero-order chi connectivity index (χ0) is 21.3. The van der Waals surface area contributed by atoms with Gasteiger partial charge in [0.15, 0.2) is 5.76 Å². The molecule has 30 heavy (non-hydrogen) atoms. The minimum atomic E-state index is -0.760. The molecule has 0 N–H and O–H groups in total. The van der Waals surface area contributed by atoms with Crippen LogP contribution < -0.4 is 0 Å². The Morgan fingerprint density at radius 3 is 2.33 bits per heavy atom. The molecule has 4 aromatic rings. The van der Waals surface area contributed by atoms with Gasteiger partial charge in [0, 0.05) is 24.2 Å². The second kappa shape index (κ2) is 8.20. The summed E-state index contributed by atoms with van der Waals surface area (Å²) in [6.07, 6.45) is 3.21. The summed E-state index contributed by atoms with van der Waals surface area (Å²) in [4.78, 5) is 2.09. The second-order valence-electron chi connectivity index (χ2n) is 7.03. The molecule has 0 aliphatic carbocycles. The van der Waals surface area contributed by atoms with E-state index >= 15 is 0 Å². The summed E-state index contributed by atoms with van der Waals surface area (Å²) in [5, 5.41) is 4.37. The number of benzene rings is 2. The van der Waals surface area contributed by atoms with Gasteiger partial charge in [0.25, 0.3) is 0 Å². The molecule has 4 rings (SSSR count). The normalized spacial score (nSPS) is 11.4. The molecule has 0 amide bonds. The van der Waals surface area contributed by atoms with Crippen LogP contribution in [0.3, 0.4) is 0 Å². The third kappa shape index (κ3) is 3.76. The maximum Gasteiger partial charge on any atom is 0.152 e. The van der Waals surface area contributed by atoms with Crippen molar-refractivity contribution in [3.8, 4) is 28.3 Å². The Morgan fingerprint density at radius 2 is 1.73 bits per heavy atom. The lowest BCUT2D eigenvalue weighted by Gasteiger charge is -2.15. The first-order chi connectivity index (χ1) is 14.5. The van der Waals surface area contributed by atoms with Crippen molar-refractivity contribution < 1.29 is 17.6 Å². The number of rotatable bonds is 6. The molecule has 2 heterocycles. The molecule has 0 saturated heterocycles. The maximum absolute atomic E-state index is 14.9. The molecule has 0 saturated carbocycles. The van der Waals surface area contributed by atoms with E-state index in [2.05, 4.69) is 10.00 Å². The van der Waals surface area contributed by atoms with Crippen molar-refractivity contribution in [2.45, 2.75) is 13.5 Å². The Bertz CT molecular complexity index is 1130. The lowest BCUT2D eigenvalue weighted by Crippen LogP contribution is -2.17. The Morgan fingerprint density at radius 1 is 1.03 bits per heavy atom. The summed E-state index contributed by atoms with van der Waals surface area (Å²) in [6.45, 7) is 3.47. The number of furan rings is 1. The average Bonchev–Trinajstić information content (AvgIpc) is 3.38. The highest BCUT2D eigenvalue weighted by atomic mass is 19.1. The van der Waals surface area contributed by atoms with Crippen molar-refractivity contribution in [3.05, 3.63) is 84.0 Å². The van der Waals surface area contributed by atoms with Crippen LogP contribution in [-0.4, -0.2) is 28.3 Å². The van der Waals surface area contributed by atoms with Crippen molar-refractivity contribution in [2.24, 2.45) is 0 Å². The second-order valence-corrected chi connectivity index (χ2v) is 7.03. The molecule has 0 spiro atoms. The predicted octanol–water partition coefficient (Wildman–Crippen LogP) is 5.67. The van der Waals surface area contributed by atoms with E-state index in [-0.39, 0.29) is 16.8 Å². The third-order valence-electron chi connectivity index (χ3n) is 4.98. The van der Waals surface area contributed by atoms with Gasteiger partial charge in [-0.1, -0.05) is 19.1 Å². The first-order valence-corrected chi connectivity index (χ1v) is 9.52. The summed E-state index contributed by atoms with van der Waals surface area (Å²) in [6, 6.07) is 11.0. The van der Waals surface area contributed by atoms with E-state index in [1.165, 1.54) is 41.1 Å². The van der Waals surface area contributed by atoms with Crippen LogP contribution >= 0.6 is 0 Å². The van der Waals surface area contributed by atoms with Crippen LogP contribution in [0.2, 0.25) is 0 Å². The monoisotopic (exact) mass is 411 g/mol. The van der Waals surface area contributed by atoms with Crippen LogP contribution in [-0.2, 0) is 6.54 Å². The van der Waals surface area contributed by atoms with Gasteiger partial charge in [0.2, 0.25) is 0 Å². The molecule has 0 atom stereocenters. The minimum absolute atomic E-state index is 0.212. The average molecular weight is 411 g/mol. The van der Waals surface area contributed by atoms with Crippen molar-refractivity contribution in [3.63, 3.8) is 0 Å². The van der Waals surface area contributed by atoms with E-state index in [4.69, 9.17) is 4.42 Å². The largest absolute Gasteiger partial charge is 0.463 e. The fourth-order valence-corrected chi connectivity index (χ4v) is 3.35. The molecule has 2 aromatic carbocycles. The smallest absolute Gasteiger partial charge is 0.152 e. The quantitative estimate of drug-likeness (QED) is 0.410. The molecule has 2 aromatic heterocycles. The summed E-state index contributed by atoms with van der Waals surface area (Å²) in [5.41, 5.74) is 1.78. The molecular formula is C23H20F3N3O. The van der Waals surface area contributed by atoms with E-state index in [1.54, 1.807) is 24.6 Å². The summed E-state index contributed by atoms with van der Waals surface area (Å²) >= 11 is 0. The fourth-order valence-electron chi connectivity index (χ4n) is 3.35. The molecule has 4 nitrogen and oxygen atoms in total. The van der Waals surface area contributed by atoms with Gasteiger partial charge in [0.1, 0.15) is 23.1 Å². The Labute approximate surface area is 172 Å². The highest BCUT2D eigenvalue weighted by Gasteiger charge is 2.21. The first kappa shape index (κ1) is 20.0. The lowest BCUT2D eigenvalue weighted by atomic mass is 10.0. The van der Waals surface area contributed by atoms with Crippen LogP contribution in [0.4, 0.5) is 13.2 Å². The van der Waals surface area contributed by atoms with E-state index in [1.807, 2.05) is 14.0 Å². The number of halogens is 3. The molecule has 154 valence electrons. The molecule has 0 aliphatic rings. The molecular weight excluding hydrogens is 391 g/mol. The van der Waals surface area contributed by atoms with Crippen molar-refractivity contribution in [1.29, 1.82) is 0 Å². The summed E-state index contributed by atoms with van der Waals surface area (Å²) < 4.78 is 50.0.